The summed E-state index contributed by atoms with van der Waals surface area (Å²) < 4.78 is 27.5. The van der Waals surface area contributed by atoms with E-state index in [1.165, 1.54) is 5.56 Å². The Bertz CT molecular complexity index is 816. The zero-order chi connectivity index (χ0) is 16.3. The average Bonchev–Trinajstić information content (AvgIpc) is 2.45. The molecule has 0 aromatic heterocycles. The second-order valence-corrected chi connectivity index (χ2v) is 5.76. The third-order valence-electron chi connectivity index (χ3n) is 3.33. The van der Waals surface area contributed by atoms with E-state index >= 15 is 0 Å². The third kappa shape index (κ3) is 3.47. The lowest BCUT2D eigenvalue weighted by Crippen LogP contribution is -1.91. The molecule has 22 heavy (non-hydrogen) atoms. The molecule has 0 fully saturated rings. The van der Waals surface area contributed by atoms with Crippen molar-refractivity contribution in [3.05, 3.63) is 63.7 Å². The lowest BCUT2D eigenvalue weighted by Gasteiger charge is -2.04. The first kappa shape index (κ1) is 16.1. The molecule has 0 aliphatic heterocycles. The van der Waals surface area contributed by atoms with Crippen LogP contribution in [-0.4, -0.2) is 0 Å². The minimum Gasteiger partial charge on any atom is -0.206 e. The SMILES string of the molecule is Cc1cc(C)c(C#Cc2cc(F)c(SC#N)c(F)c2)cc1C. The molecule has 4 heteroatoms. The van der Waals surface area contributed by atoms with Crippen molar-refractivity contribution >= 4 is 11.8 Å². The molecular formula is C18H13F2NS. The highest BCUT2D eigenvalue weighted by Crippen LogP contribution is 2.25. The van der Waals surface area contributed by atoms with Gasteiger partial charge in [-0.05, 0) is 67.4 Å². The van der Waals surface area contributed by atoms with Gasteiger partial charge in [0.2, 0.25) is 0 Å². The van der Waals surface area contributed by atoms with Crippen LogP contribution < -0.4 is 0 Å². The van der Waals surface area contributed by atoms with Crippen LogP contribution in [0.25, 0.3) is 0 Å². The van der Waals surface area contributed by atoms with Crippen LogP contribution in [0.3, 0.4) is 0 Å². The van der Waals surface area contributed by atoms with Crippen molar-refractivity contribution in [2.24, 2.45) is 0 Å². The lowest BCUT2D eigenvalue weighted by atomic mass is 10.0. The number of benzene rings is 2. The van der Waals surface area contributed by atoms with Gasteiger partial charge >= 0.3 is 0 Å². The maximum absolute atomic E-state index is 13.7. The molecular weight excluding hydrogens is 300 g/mol. The van der Waals surface area contributed by atoms with E-state index in [1.54, 1.807) is 5.40 Å². The summed E-state index contributed by atoms with van der Waals surface area (Å²) in [6.45, 7) is 5.97. The Morgan fingerprint density at radius 2 is 1.45 bits per heavy atom. The van der Waals surface area contributed by atoms with Crippen molar-refractivity contribution in [3.8, 4) is 17.2 Å². The Morgan fingerprint density at radius 3 is 2.05 bits per heavy atom. The monoisotopic (exact) mass is 313 g/mol. The van der Waals surface area contributed by atoms with E-state index in [4.69, 9.17) is 5.26 Å². The quantitative estimate of drug-likeness (QED) is 0.426. The summed E-state index contributed by atoms with van der Waals surface area (Å²) in [7, 11) is 0. The first-order valence-corrected chi connectivity index (χ1v) is 7.39. The summed E-state index contributed by atoms with van der Waals surface area (Å²) in [6, 6.07) is 6.29. The largest absolute Gasteiger partial charge is 0.206 e. The Hall–Kier alpha value is -2.30. The molecule has 2 rings (SSSR count). The van der Waals surface area contributed by atoms with Gasteiger partial charge in [-0.25, -0.2) is 8.78 Å². The molecule has 0 amide bonds. The third-order valence-corrected chi connectivity index (χ3v) is 4.01. The standard InChI is InChI=1S/C18H13F2NS/c1-11-6-13(3)15(7-12(11)2)5-4-14-8-16(19)18(22-10-21)17(20)9-14/h6-9H,1-3H3. The maximum atomic E-state index is 13.7. The second kappa shape index (κ2) is 6.64. The van der Waals surface area contributed by atoms with Gasteiger partial charge in [-0.15, -0.1) is 0 Å². The van der Waals surface area contributed by atoms with E-state index < -0.39 is 11.6 Å². The van der Waals surface area contributed by atoms with Crippen molar-refractivity contribution in [2.45, 2.75) is 25.7 Å². The molecule has 0 saturated heterocycles. The van der Waals surface area contributed by atoms with Gasteiger partial charge in [0.25, 0.3) is 0 Å². The van der Waals surface area contributed by atoms with Gasteiger partial charge in [0, 0.05) is 11.1 Å². The summed E-state index contributed by atoms with van der Waals surface area (Å²) in [5.74, 6) is 4.18. The second-order valence-electron chi connectivity index (χ2n) is 4.96. The highest BCUT2D eigenvalue weighted by atomic mass is 32.2. The van der Waals surface area contributed by atoms with Gasteiger partial charge < -0.3 is 0 Å². The fourth-order valence-electron chi connectivity index (χ4n) is 2.01. The molecule has 1 nitrogen and oxygen atoms in total. The summed E-state index contributed by atoms with van der Waals surface area (Å²) in [5.41, 5.74) is 4.40. The molecule has 0 aliphatic rings. The molecule has 0 unspecified atom stereocenters. The Morgan fingerprint density at radius 1 is 0.864 bits per heavy atom. The molecule has 0 saturated carbocycles. The normalized spacial score (nSPS) is 9.82. The molecule has 0 aliphatic carbocycles. The van der Waals surface area contributed by atoms with Crippen molar-refractivity contribution in [1.82, 2.24) is 0 Å². The number of nitriles is 1. The summed E-state index contributed by atoms with van der Waals surface area (Å²) >= 11 is 0.465. The van der Waals surface area contributed by atoms with Gasteiger partial charge in [-0.3, -0.25) is 0 Å². The van der Waals surface area contributed by atoms with Crippen LogP contribution in [0.1, 0.15) is 27.8 Å². The predicted molar refractivity (Wildman–Crippen MR) is 84.5 cm³/mol. The summed E-state index contributed by atoms with van der Waals surface area (Å²) in [5, 5.41) is 10.2. The number of hydrogen-bond donors (Lipinski definition) is 0. The molecule has 0 spiro atoms. The Labute approximate surface area is 133 Å². The van der Waals surface area contributed by atoms with Crippen LogP contribution in [-0.2, 0) is 0 Å². The number of nitrogens with zero attached hydrogens (tertiary/aromatic N) is 1. The summed E-state index contributed by atoms with van der Waals surface area (Å²) in [4.78, 5) is -0.296. The maximum Gasteiger partial charge on any atom is 0.142 e. The van der Waals surface area contributed by atoms with E-state index in [0.717, 1.165) is 28.8 Å². The van der Waals surface area contributed by atoms with Crippen LogP contribution in [0.2, 0.25) is 0 Å². The number of halogens is 2. The van der Waals surface area contributed by atoms with Gasteiger partial charge in [0.1, 0.15) is 17.0 Å². The molecule has 0 atom stereocenters. The molecule has 0 heterocycles. The number of hydrogen-bond acceptors (Lipinski definition) is 2. The highest BCUT2D eigenvalue weighted by Gasteiger charge is 2.11. The molecule has 2 aromatic rings. The van der Waals surface area contributed by atoms with E-state index in [2.05, 4.69) is 11.8 Å². The number of rotatable bonds is 1. The highest BCUT2D eigenvalue weighted by molar-refractivity contribution is 8.03. The van der Waals surface area contributed by atoms with Crippen molar-refractivity contribution in [3.63, 3.8) is 0 Å². The molecule has 0 radical (unpaired) electrons. The van der Waals surface area contributed by atoms with Crippen molar-refractivity contribution in [2.75, 3.05) is 0 Å². The van der Waals surface area contributed by atoms with Crippen LogP contribution in [0, 0.1) is 54.9 Å². The number of aryl methyl sites for hydroxylation is 3. The van der Waals surface area contributed by atoms with Crippen LogP contribution in [0.5, 0.6) is 0 Å². The predicted octanol–water partition coefficient (Wildman–Crippen LogP) is 4.86. The fourth-order valence-corrected chi connectivity index (χ4v) is 2.41. The Kier molecular flexibility index (Phi) is 4.85. The summed E-state index contributed by atoms with van der Waals surface area (Å²) in [6.07, 6.45) is 0. The van der Waals surface area contributed by atoms with Crippen molar-refractivity contribution < 1.29 is 8.78 Å². The van der Waals surface area contributed by atoms with E-state index in [1.807, 2.05) is 32.9 Å². The topological polar surface area (TPSA) is 23.8 Å². The Balaban J connectivity index is 2.41. The van der Waals surface area contributed by atoms with Gasteiger partial charge in [0.05, 0.1) is 4.90 Å². The van der Waals surface area contributed by atoms with Crippen LogP contribution in [0.4, 0.5) is 8.78 Å². The number of thiocyanates is 1. The number of thioether (sulfide) groups is 1. The minimum absolute atomic E-state index is 0.245. The van der Waals surface area contributed by atoms with Crippen molar-refractivity contribution in [1.29, 1.82) is 5.26 Å². The van der Waals surface area contributed by atoms with Gasteiger partial charge in [0.15, 0.2) is 0 Å². The minimum atomic E-state index is -0.771. The van der Waals surface area contributed by atoms with Gasteiger partial charge in [-0.2, -0.15) is 5.26 Å². The first-order chi connectivity index (χ1) is 10.4. The zero-order valence-electron chi connectivity index (χ0n) is 12.4. The van der Waals surface area contributed by atoms with E-state index in [0.29, 0.717) is 11.8 Å². The zero-order valence-corrected chi connectivity index (χ0v) is 13.2. The first-order valence-electron chi connectivity index (χ1n) is 6.57. The molecule has 2 aromatic carbocycles. The smallest absolute Gasteiger partial charge is 0.142 e. The molecule has 0 bridgehead atoms. The average molecular weight is 313 g/mol. The van der Waals surface area contributed by atoms with E-state index in [9.17, 15) is 8.78 Å². The molecule has 110 valence electrons. The van der Waals surface area contributed by atoms with Gasteiger partial charge in [-0.1, -0.05) is 17.9 Å². The van der Waals surface area contributed by atoms with Crippen LogP contribution >= 0.6 is 11.8 Å². The lowest BCUT2D eigenvalue weighted by molar-refractivity contribution is 0.540. The van der Waals surface area contributed by atoms with Crippen LogP contribution in [0.15, 0.2) is 29.2 Å². The fraction of sp³-hybridized carbons (Fsp3) is 0.167. The molecule has 0 N–H and O–H groups in total. The van der Waals surface area contributed by atoms with E-state index in [-0.39, 0.29) is 10.5 Å².